The van der Waals surface area contributed by atoms with Gasteiger partial charge >= 0.3 is 0 Å². The van der Waals surface area contributed by atoms with Gasteiger partial charge in [-0.15, -0.1) is 0 Å². The summed E-state index contributed by atoms with van der Waals surface area (Å²) in [4.78, 5) is 0. The summed E-state index contributed by atoms with van der Waals surface area (Å²) in [5.74, 6) is 0. The van der Waals surface area contributed by atoms with E-state index in [0.29, 0.717) is 16.7 Å². The second-order valence-corrected chi connectivity index (χ2v) is 16.1. The molecule has 0 spiro atoms. The number of aromatic nitrogens is 1. The first-order chi connectivity index (χ1) is 24.6. The summed E-state index contributed by atoms with van der Waals surface area (Å²) in [5, 5.41) is 36.2. The Kier molecular flexibility index (Phi) is 7.63. The minimum Gasteiger partial charge on any atom is -0.309 e. The number of hydrogen-bond acceptors (Lipinski definition) is 3. The Balaban J connectivity index is 1.30. The van der Waals surface area contributed by atoms with Crippen LogP contribution in [0.1, 0.15) is 16.7 Å². The van der Waals surface area contributed by atoms with Gasteiger partial charge in [0, 0.05) is 22.0 Å². The molecule has 0 N–H and O–H groups in total. The van der Waals surface area contributed by atoms with Crippen molar-refractivity contribution < 1.29 is 0 Å². The number of fused-ring (bicyclic) bond motifs is 3. The zero-order valence-electron chi connectivity index (χ0n) is 27.0. The number of nitriles is 3. The molecule has 0 atom stereocenters. The highest BCUT2D eigenvalue weighted by atomic mass is 28.3. The molecule has 0 bridgehead atoms. The molecular weight excluding hydrogens is 625 g/mol. The van der Waals surface area contributed by atoms with Crippen molar-refractivity contribution in [1.29, 1.82) is 15.8 Å². The Morgan fingerprint density at radius 3 is 1.52 bits per heavy atom. The van der Waals surface area contributed by atoms with Crippen LogP contribution in [0.5, 0.6) is 0 Å². The van der Waals surface area contributed by atoms with E-state index in [2.05, 4.69) is 126 Å². The number of nitrogens with zero attached hydrogens (tertiary/aromatic N) is 4. The van der Waals surface area contributed by atoms with Crippen LogP contribution in [0.2, 0.25) is 0 Å². The molecule has 8 aromatic rings. The second-order valence-electron chi connectivity index (χ2n) is 12.3. The van der Waals surface area contributed by atoms with Crippen molar-refractivity contribution in [2.75, 3.05) is 0 Å². The lowest BCUT2D eigenvalue weighted by Gasteiger charge is -2.47. The van der Waals surface area contributed by atoms with Crippen LogP contribution < -0.4 is 20.7 Å². The fraction of sp³-hybridized carbons (Fsp3) is 0. The molecular formula is C45H28N4Si-. The molecule has 0 aliphatic heterocycles. The van der Waals surface area contributed by atoms with Crippen molar-refractivity contribution in [3.63, 3.8) is 0 Å². The van der Waals surface area contributed by atoms with Gasteiger partial charge in [-0.25, -0.2) is 0 Å². The molecule has 0 saturated carbocycles. The van der Waals surface area contributed by atoms with E-state index in [1.807, 2.05) is 66.7 Å². The standard InChI is InChI=1S/C45H28N4Si/c46-29-32-18-24-43-41(26-32)42-27-33(30-47)19-25-44(42)49(43)37-12-9-11-35(28-37)34-20-22-40(23-21-34)50(38-13-3-1-4-14-38,39-15-5-2-6-16-39)45-17-8-7-10-36(45)31-48/h1-28H/q-1. The van der Waals surface area contributed by atoms with E-state index in [0.717, 1.165) is 43.8 Å². The van der Waals surface area contributed by atoms with Gasteiger partial charge in [-0.05, 0) is 73.8 Å². The maximum Gasteiger partial charge on any atom is 0.0991 e. The van der Waals surface area contributed by atoms with Gasteiger partial charge in [-0.2, -0.15) is 36.5 Å². The normalized spacial score (nSPS) is 11.1. The summed E-state index contributed by atoms with van der Waals surface area (Å²) in [7, 11) is -2.89. The lowest BCUT2D eigenvalue weighted by atomic mass is 10.1. The molecule has 1 heterocycles. The number of rotatable bonds is 6. The highest BCUT2D eigenvalue weighted by Gasteiger charge is 2.30. The molecule has 0 radical (unpaired) electrons. The van der Waals surface area contributed by atoms with Crippen molar-refractivity contribution in [2.45, 2.75) is 0 Å². The lowest BCUT2D eigenvalue weighted by Crippen LogP contribution is -2.75. The summed E-state index contributed by atoms with van der Waals surface area (Å²) in [6, 6.07) is 65.1. The summed E-state index contributed by atoms with van der Waals surface area (Å²) in [6.45, 7) is 0. The van der Waals surface area contributed by atoms with E-state index >= 15 is 0 Å². The lowest BCUT2D eigenvalue weighted by molar-refractivity contribution is 1.18. The Labute approximate surface area is 291 Å². The molecule has 50 heavy (non-hydrogen) atoms. The molecule has 0 amide bonds. The quantitative estimate of drug-likeness (QED) is 0.138. The molecule has 8 rings (SSSR count). The van der Waals surface area contributed by atoms with Crippen molar-refractivity contribution in [2.24, 2.45) is 0 Å². The van der Waals surface area contributed by atoms with Gasteiger partial charge in [0.1, 0.15) is 0 Å². The number of benzene rings is 7. The van der Waals surface area contributed by atoms with Crippen LogP contribution in [-0.4, -0.2) is 12.6 Å². The molecule has 0 fully saturated rings. The summed E-state index contributed by atoms with van der Waals surface area (Å²) in [5.41, 5.74) is 6.92. The topological polar surface area (TPSA) is 76.3 Å². The third-order valence-corrected chi connectivity index (χ3v) is 14.5. The smallest absolute Gasteiger partial charge is 0.0991 e. The first-order valence-electron chi connectivity index (χ1n) is 16.4. The van der Waals surface area contributed by atoms with E-state index in [1.54, 1.807) is 0 Å². The highest BCUT2D eigenvalue weighted by Crippen LogP contribution is 2.34. The summed E-state index contributed by atoms with van der Waals surface area (Å²) < 4.78 is 2.20. The minimum absolute atomic E-state index is 0.579. The molecule has 1 aromatic heterocycles. The molecule has 5 heteroatoms. The van der Waals surface area contributed by atoms with Crippen LogP contribution in [0.15, 0.2) is 170 Å². The van der Waals surface area contributed by atoms with Crippen LogP contribution in [0, 0.1) is 34.0 Å². The van der Waals surface area contributed by atoms with E-state index in [-0.39, 0.29) is 0 Å². The zero-order chi connectivity index (χ0) is 34.1. The van der Waals surface area contributed by atoms with Crippen LogP contribution in [0.4, 0.5) is 0 Å². The van der Waals surface area contributed by atoms with Gasteiger partial charge in [-0.3, -0.25) is 0 Å². The fourth-order valence-corrected chi connectivity index (χ4v) is 12.3. The summed E-state index contributed by atoms with van der Waals surface area (Å²) >= 11 is 0. The van der Waals surface area contributed by atoms with Gasteiger partial charge in [-0.1, -0.05) is 115 Å². The molecule has 233 valence electrons. The Bertz CT molecular complexity index is 2560. The van der Waals surface area contributed by atoms with Crippen LogP contribution in [0.3, 0.4) is 0 Å². The average Bonchev–Trinajstić information content (AvgIpc) is 3.52. The predicted molar refractivity (Wildman–Crippen MR) is 204 cm³/mol. The monoisotopic (exact) mass is 652 g/mol. The average molecular weight is 653 g/mol. The van der Waals surface area contributed by atoms with Crippen molar-refractivity contribution in [3.8, 4) is 35.0 Å². The van der Waals surface area contributed by atoms with E-state index in [1.165, 1.54) is 15.6 Å². The highest BCUT2D eigenvalue weighted by molar-refractivity contribution is 7.20. The molecule has 0 aliphatic rings. The second kappa shape index (κ2) is 12.6. The fourth-order valence-electron chi connectivity index (χ4n) is 7.43. The van der Waals surface area contributed by atoms with Crippen molar-refractivity contribution in [3.05, 3.63) is 187 Å². The van der Waals surface area contributed by atoms with Crippen molar-refractivity contribution in [1.82, 2.24) is 4.57 Å². The van der Waals surface area contributed by atoms with E-state index in [9.17, 15) is 15.8 Å². The third-order valence-electron chi connectivity index (χ3n) is 9.64. The SMILES string of the molecule is N#Cc1ccc2c(c1)c1cc(C#N)ccc1n2-c1cccc(-c2ccc([Si-](c3ccccc3)(c3ccccc3)c3ccccc3C#N)cc2)c1. The molecule has 4 nitrogen and oxygen atoms in total. The first kappa shape index (κ1) is 30.4. The first-order valence-corrected chi connectivity index (χ1v) is 18.4. The van der Waals surface area contributed by atoms with Gasteiger partial charge < -0.3 is 4.57 Å². The van der Waals surface area contributed by atoms with Gasteiger partial charge in [0.05, 0.1) is 40.4 Å². The van der Waals surface area contributed by atoms with Gasteiger partial charge in [0.25, 0.3) is 0 Å². The molecule has 7 aromatic carbocycles. The summed E-state index contributed by atoms with van der Waals surface area (Å²) in [6.07, 6.45) is 0. The largest absolute Gasteiger partial charge is 0.309 e. The van der Waals surface area contributed by atoms with Gasteiger partial charge in [0.15, 0.2) is 0 Å². The number of hydrogen-bond donors (Lipinski definition) is 0. The third kappa shape index (κ3) is 4.88. The Morgan fingerprint density at radius 2 is 0.960 bits per heavy atom. The maximum atomic E-state index is 10.3. The van der Waals surface area contributed by atoms with Crippen LogP contribution in [-0.2, 0) is 0 Å². The predicted octanol–water partition coefficient (Wildman–Crippen LogP) is 7.44. The molecule has 0 unspecified atom stereocenters. The van der Waals surface area contributed by atoms with E-state index < -0.39 is 8.07 Å². The molecule has 0 saturated heterocycles. The Hall–Kier alpha value is -6.97. The van der Waals surface area contributed by atoms with Crippen LogP contribution >= 0.6 is 0 Å². The minimum atomic E-state index is -2.89. The van der Waals surface area contributed by atoms with Crippen LogP contribution in [0.25, 0.3) is 38.6 Å². The van der Waals surface area contributed by atoms with Crippen molar-refractivity contribution >= 4 is 50.6 Å². The van der Waals surface area contributed by atoms with Gasteiger partial charge in [0.2, 0.25) is 0 Å². The Morgan fingerprint density at radius 1 is 0.420 bits per heavy atom. The molecule has 0 aliphatic carbocycles. The van der Waals surface area contributed by atoms with E-state index in [4.69, 9.17) is 0 Å². The zero-order valence-corrected chi connectivity index (χ0v) is 28.0. The maximum absolute atomic E-state index is 10.3.